The maximum absolute atomic E-state index is 12.6. The van der Waals surface area contributed by atoms with E-state index >= 15 is 0 Å². The van der Waals surface area contributed by atoms with E-state index in [1.54, 1.807) is 13.0 Å². The van der Waals surface area contributed by atoms with Crippen molar-refractivity contribution in [2.75, 3.05) is 6.54 Å². The number of thiophene rings is 1. The number of rotatable bonds is 3. The summed E-state index contributed by atoms with van der Waals surface area (Å²) in [5.74, 6) is -1.04. The van der Waals surface area contributed by atoms with Crippen LogP contribution in [0.15, 0.2) is 12.1 Å². The summed E-state index contributed by atoms with van der Waals surface area (Å²) in [4.78, 5) is 26.3. The Morgan fingerprint density at radius 2 is 2.20 bits per heavy atom. The zero-order valence-electron chi connectivity index (χ0n) is 11.5. The smallest absolute Gasteiger partial charge is 0.326 e. The van der Waals surface area contributed by atoms with Crippen molar-refractivity contribution in [3.63, 3.8) is 0 Å². The zero-order chi connectivity index (χ0) is 14.9. The van der Waals surface area contributed by atoms with Gasteiger partial charge in [-0.2, -0.15) is 0 Å². The molecule has 0 aromatic carbocycles. The molecule has 0 saturated carbocycles. The lowest BCUT2D eigenvalue weighted by molar-refractivity contribution is -0.153. The number of carbonyl (C=O) groups is 2. The number of amides is 1. The van der Waals surface area contributed by atoms with Crippen molar-refractivity contribution in [3.05, 3.63) is 21.3 Å². The highest BCUT2D eigenvalue weighted by molar-refractivity contribution is 7.16. The molecule has 110 valence electrons. The Bertz CT molecular complexity index is 516. The summed E-state index contributed by atoms with van der Waals surface area (Å²) in [5, 5.41) is 9.32. The first-order valence-electron chi connectivity index (χ1n) is 6.68. The average Bonchev–Trinajstić information content (AvgIpc) is 2.83. The van der Waals surface area contributed by atoms with Crippen LogP contribution in [0.25, 0.3) is 0 Å². The fourth-order valence-electron chi connectivity index (χ4n) is 2.57. The first kappa shape index (κ1) is 15.3. The molecule has 6 heteroatoms. The molecule has 0 bridgehead atoms. The van der Waals surface area contributed by atoms with Crippen molar-refractivity contribution < 1.29 is 14.7 Å². The zero-order valence-corrected chi connectivity index (χ0v) is 13.1. The quantitative estimate of drug-likeness (QED) is 0.931. The van der Waals surface area contributed by atoms with Crippen molar-refractivity contribution >= 4 is 34.8 Å². The minimum absolute atomic E-state index is 0.122. The largest absolute Gasteiger partial charge is 0.480 e. The number of hydrogen-bond donors (Lipinski definition) is 1. The number of nitrogens with zero attached hydrogens (tertiary/aromatic N) is 1. The molecule has 1 amide bonds. The van der Waals surface area contributed by atoms with E-state index in [2.05, 4.69) is 0 Å². The molecule has 2 heterocycles. The summed E-state index contributed by atoms with van der Waals surface area (Å²) in [6, 6.07) is 2.89. The lowest BCUT2D eigenvalue weighted by Crippen LogP contribution is -2.50. The van der Waals surface area contributed by atoms with E-state index in [0.29, 0.717) is 23.2 Å². The highest BCUT2D eigenvalue weighted by atomic mass is 35.5. The van der Waals surface area contributed by atoms with Crippen LogP contribution in [0.1, 0.15) is 37.5 Å². The van der Waals surface area contributed by atoms with Gasteiger partial charge in [0.2, 0.25) is 5.91 Å². The van der Waals surface area contributed by atoms with Crippen molar-refractivity contribution in [1.29, 1.82) is 0 Å². The molecule has 1 N–H and O–H groups in total. The van der Waals surface area contributed by atoms with Crippen LogP contribution in [0.3, 0.4) is 0 Å². The van der Waals surface area contributed by atoms with E-state index in [1.165, 1.54) is 16.2 Å². The van der Waals surface area contributed by atoms with Gasteiger partial charge in [0.25, 0.3) is 0 Å². The molecule has 1 aromatic heterocycles. The Balaban J connectivity index is 2.16. The number of carboxylic acids is 1. The number of hydrogen-bond acceptors (Lipinski definition) is 3. The first-order valence-corrected chi connectivity index (χ1v) is 7.88. The van der Waals surface area contributed by atoms with Crippen molar-refractivity contribution in [2.45, 2.75) is 38.6 Å². The van der Waals surface area contributed by atoms with Crippen LogP contribution < -0.4 is 0 Å². The lowest BCUT2D eigenvalue weighted by atomic mass is 9.91. The molecule has 0 spiro atoms. The second-order valence-electron chi connectivity index (χ2n) is 5.38. The highest BCUT2D eigenvalue weighted by Crippen LogP contribution is 2.31. The molecular weight excluding hydrogens is 298 g/mol. The number of halogens is 1. The maximum atomic E-state index is 12.6. The van der Waals surface area contributed by atoms with Gasteiger partial charge in [-0.05, 0) is 37.8 Å². The minimum atomic E-state index is -0.915. The van der Waals surface area contributed by atoms with Gasteiger partial charge in [0, 0.05) is 11.4 Å². The molecule has 0 radical (unpaired) electrons. The molecule has 1 aromatic rings. The van der Waals surface area contributed by atoms with Gasteiger partial charge in [0.05, 0.1) is 10.3 Å². The summed E-state index contributed by atoms with van der Waals surface area (Å²) in [7, 11) is 0. The van der Waals surface area contributed by atoms with Gasteiger partial charge in [-0.25, -0.2) is 4.79 Å². The lowest BCUT2D eigenvalue weighted by Gasteiger charge is -2.37. The summed E-state index contributed by atoms with van der Waals surface area (Å²) >= 11 is 7.26. The monoisotopic (exact) mass is 315 g/mol. The number of likely N-dealkylation sites (tertiary alicyclic amines) is 1. The summed E-state index contributed by atoms with van der Waals surface area (Å²) < 4.78 is 0.640. The Morgan fingerprint density at radius 3 is 2.75 bits per heavy atom. The normalized spacial score (nSPS) is 24.4. The molecule has 1 fully saturated rings. The number of carboxylic acid groups (broad SMARTS) is 1. The third-order valence-electron chi connectivity index (χ3n) is 3.82. The van der Waals surface area contributed by atoms with Gasteiger partial charge < -0.3 is 10.0 Å². The second kappa shape index (κ2) is 6.14. The van der Waals surface area contributed by atoms with Crippen LogP contribution in [-0.4, -0.2) is 34.5 Å². The molecule has 2 rings (SSSR count). The Morgan fingerprint density at radius 1 is 1.50 bits per heavy atom. The number of carbonyl (C=O) groups excluding carboxylic acids is 1. The van der Waals surface area contributed by atoms with Crippen LogP contribution in [0.4, 0.5) is 0 Å². The van der Waals surface area contributed by atoms with Crippen LogP contribution in [-0.2, 0) is 9.59 Å². The van der Waals surface area contributed by atoms with Gasteiger partial charge in [-0.1, -0.05) is 18.5 Å². The molecule has 1 saturated heterocycles. The van der Waals surface area contributed by atoms with Gasteiger partial charge >= 0.3 is 5.97 Å². The van der Waals surface area contributed by atoms with Gasteiger partial charge in [0.15, 0.2) is 0 Å². The number of piperidine rings is 1. The third-order valence-corrected chi connectivity index (χ3v) is 5.24. The molecule has 1 aliphatic heterocycles. The topological polar surface area (TPSA) is 57.6 Å². The standard InChI is InChI=1S/C14H18ClNO3S/c1-8-5-6-16(10(7-8)14(18)19)13(17)9(2)11-3-4-12(15)20-11/h3-4,8-10H,5-7H2,1-2H3,(H,18,19). The highest BCUT2D eigenvalue weighted by Gasteiger charge is 2.36. The predicted molar refractivity (Wildman–Crippen MR) is 79.3 cm³/mol. The SMILES string of the molecule is CC1CCN(C(=O)C(C)c2ccc(Cl)s2)C(C(=O)O)C1. The Labute approximate surface area is 127 Å². The van der Waals surface area contributed by atoms with E-state index in [9.17, 15) is 14.7 Å². The predicted octanol–water partition coefficient (Wildman–Crippen LogP) is 3.22. The second-order valence-corrected chi connectivity index (χ2v) is 7.13. The molecular formula is C14H18ClNO3S. The van der Waals surface area contributed by atoms with E-state index in [4.69, 9.17) is 11.6 Å². The molecule has 20 heavy (non-hydrogen) atoms. The van der Waals surface area contributed by atoms with Crippen LogP contribution in [0.5, 0.6) is 0 Å². The average molecular weight is 316 g/mol. The summed E-state index contributed by atoms with van der Waals surface area (Å²) in [6.07, 6.45) is 1.38. The fourth-order valence-corrected chi connectivity index (χ4v) is 3.68. The van der Waals surface area contributed by atoms with Crippen LogP contribution >= 0.6 is 22.9 Å². The maximum Gasteiger partial charge on any atom is 0.326 e. The Hall–Kier alpha value is -1.07. The summed E-state index contributed by atoms with van der Waals surface area (Å²) in [6.45, 7) is 4.35. The third kappa shape index (κ3) is 3.15. The van der Waals surface area contributed by atoms with Crippen LogP contribution in [0, 0.1) is 5.92 Å². The number of aliphatic carboxylic acids is 1. The van der Waals surface area contributed by atoms with Crippen molar-refractivity contribution in [3.8, 4) is 0 Å². The van der Waals surface area contributed by atoms with Crippen molar-refractivity contribution in [1.82, 2.24) is 4.90 Å². The van der Waals surface area contributed by atoms with E-state index in [-0.39, 0.29) is 11.8 Å². The van der Waals surface area contributed by atoms with E-state index < -0.39 is 12.0 Å². The molecule has 1 aliphatic rings. The van der Waals surface area contributed by atoms with Crippen molar-refractivity contribution in [2.24, 2.45) is 5.92 Å². The van der Waals surface area contributed by atoms with Gasteiger partial charge in [-0.3, -0.25) is 4.79 Å². The molecule has 4 nitrogen and oxygen atoms in total. The fraction of sp³-hybridized carbons (Fsp3) is 0.571. The van der Waals surface area contributed by atoms with Crippen LogP contribution in [0.2, 0.25) is 4.34 Å². The van der Waals surface area contributed by atoms with Gasteiger partial charge in [-0.15, -0.1) is 11.3 Å². The molecule has 0 aliphatic carbocycles. The van der Waals surface area contributed by atoms with Gasteiger partial charge in [0.1, 0.15) is 6.04 Å². The summed E-state index contributed by atoms with van der Waals surface area (Å²) in [5.41, 5.74) is 0. The van der Waals surface area contributed by atoms with E-state index in [0.717, 1.165) is 11.3 Å². The minimum Gasteiger partial charge on any atom is -0.480 e. The Kier molecular flexibility index (Phi) is 4.70. The molecule has 3 unspecified atom stereocenters. The first-order chi connectivity index (χ1) is 9.40. The molecule has 3 atom stereocenters. The van der Waals surface area contributed by atoms with E-state index in [1.807, 2.05) is 13.0 Å².